The molecule has 2 aliphatic heterocycles. The molecule has 0 unspecified atom stereocenters. The molecular weight excluding hydrogens is 360 g/mol. The Balaban J connectivity index is 1.44. The van der Waals surface area contributed by atoms with Gasteiger partial charge in [-0.1, -0.05) is 23.8 Å². The van der Waals surface area contributed by atoms with E-state index in [0.717, 1.165) is 43.8 Å². The average molecular weight is 380 g/mol. The lowest BCUT2D eigenvalue weighted by molar-refractivity contribution is -0.115. The number of hydrogen-bond donors (Lipinski definition) is 1. The van der Waals surface area contributed by atoms with Crippen molar-refractivity contribution in [3.63, 3.8) is 0 Å². The van der Waals surface area contributed by atoms with Crippen molar-refractivity contribution in [2.45, 2.75) is 6.92 Å². The number of pyridine rings is 1. The number of hydrogen-bond acceptors (Lipinski definition) is 6. The summed E-state index contributed by atoms with van der Waals surface area (Å²) in [5.74, 6) is 0.534. The van der Waals surface area contributed by atoms with E-state index in [4.69, 9.17) is 0 Å². The van der Waals surface area contributed by atoms with E-state index in [1.165, 1.54) is 11.3 Å². The number of thioether (sulfide) groups is 1. The molecule has 27 heavy (non-hydrogen) atoms. The topological polar surface area (TPSA) is 65.5 Å². The standard InChI is InChI=1S/C20H20N4O2S/c1-14-5-7-16(8-6-14)23-9-11-24(12-10-23)18-4-2-3-15(21-18)13-17-19(25)22-20(26)27-17/h2-8,13H,9-12H2,1H3,(H,22,25,26). The third kappa shape index (κ3) is 3.98. The summed E-state index contributed by atoms with van der Waals surface area (Å²) in [6, 6.07) is 14.4. The summed E-state index contributed by atoms with van der Waals surface area (Å²) in [4.78, 5) is 32.7. The molecule has 1 aromatic heterocycles. The number of aromatic nitrogens is 1. The predicted octanol–water partition coefficient (Wildman–Crippen LogP) is 3.04. The van der Waals surface area contributed by atoms with Gasteiger partial charge in [0.15, 0.2) is 0 Å². The lowest BCUT2D eigenvalue weighted by Crippen LogP contribution is -2.46. The van der Waals surface area contributed by atoms with Gasteiger partial charge in [0.25, 0.3) is 11.1 Å². The molecule has 0 bridgehead atoms. The van der Waals surface area contributed by atoms with Crippen LogP contribution in [0, 0.1) is 6.92 Å². The van der Waals surface area contributed by atoms with Crippen LogP contribution in [0.1, 0.15) is 11.3 Å². The lowest BCUT2D eigenvalue weighted by Gasteiger charge is -2.36. The first-order valence-electron chi connectivity index (χ1n) is 8.87. The molecule has 3 heterocycles. The van der Waals surface area contributed by atoms with Crippen LogP contribution >= 0.6 is 11.8 Å². The molecule has 0 saturated carbocycles. The van der Waals surface area contributed by atoms with Gasteiger partial charge in [0, 0.05) is 31.9 Å². The minimum Gasteiger partial charge on any atom is -0.368 e. The number of carbonyl (C=O) groups is 2. The van der Waals surface area contributed by atoms with Crippen molar-refractivity contribution in [1.82, 2.24) is 10.3 Å². The van der Waals surface area contributed by atoms with Crippen molar-refractivity contribution >= 4 is 40.5 Å². The molecule has 4 rings (SSSR count). The molecule has 2 aromatic rings. The van der Waals surface area contributed by atoms with Crippen molar-refractivity contribution in [2.24, 2.45) is 0 Å². The molecule has 7 heteroatoms. The Morgan fingerprint density at radius 2 is 1.70 bits per heavy atom. The minimum absolute atomic E-state index is 0.338. The van der Waals surface area contributed by atoms with Gasteiger partial charge in [-0.25, -0.2) is 4.98 Å². The van der Waals surface area contributed by atoms with Gasteiger partial charge in [0.2, 0.25) is 0 Å². The summed E-state index contributed by atoms with van der Waals surface area (Å²) in [6.45, 7) is 5.73. The zero-order valence-corrected chi connectivity index (χ0v) is 15.8. The molecule has 0 spiro atoms. The maximum absolute atomic E-state index is 11.7. The van der Waals surface area contributed by atoms with E-state index >= 15 is 0 Å². The largest absolute Gasteiger partial charge is 0.368 e. The Kier molecular flexibility index (Phi) is 4.85. The molecule has 138 valence electrons. The Morgan fingerprint density at radius 3 is 2.37 bits per heavy atom. The fourth-order valence-corrected chi connectivity index (χ4v) is 3.87. The first-order valence-corrected chi connectivity index (χ1v) is 9.69. The highest BCUT2D eigenvalue weighted by molar-refractivity contribution is 8.18. The molecule has 2 amide bonds. The van der Waals surface area contributed by atoms with E-state index in [1.807, 2.05) is 18.2 Å². The first-order chi connectivity index (χ1) is 13.1. The second kappa shape index (κ2) is 7.44. The molecule has 0 aliphatic carbocycles. The SMILES string of the molecule is Cc1ccc(N2CCN(c3cccc(C=C4SC(=O)NC4=O)n3)CC2)cc1. The van der Waals surface area contributed by atoms with Gasteiger partial charge < -0.3 is 9.80 Å². The van der Waals surface area contributed by atoms with Crippen molar-refractivity contribution < 1.29 is 9.59 Å². The highest BCUT2D eigenvalue weighted by atomic mass is 32.2. The fraction of sp³-hybridized carbons (Fsp3) is 0.250. The van der Waals surface area contributed by atoms with Gasteiger partial charge >= 0.3 is 0 Å². The van der Waals surface area contributed by atoms with Crippen molar-refractivity contribution in [1.29, 1.82) is 0 Å². The van der Waals surface area contributed by atoms with Crippen LogP contribution < -0.4 is 15.1 Å². The van der Waals surface area contributed by atoms with E-state index < -0.39 is 0 Å². The maximum Gasteiger partial charge on any atom is 0.290 e. The minimum atomic E-state index is -0.357. The Bertz CT molecular complexity index is 902. The van der Waals surface area contributed by atoms with Crippen LogP contribution in [-0.2, 0) is 4.79 Å². The molecular formula is C20H20N4O2S. The Hall–Kier alpha value is -2.80. The van der Waals surface area contributed by atoms with Crippen LogP contribution in [0.3, 0.4) is 0 Å². The van der Waals surface area contributed by atoms with E-state index in [1.54, 1.807) is 6.08 Å². The molecule has 0 atom stereocenters. The summed E-state index contributed by atoms with van der Waals surface area (Å²) in [5, 5.41) is 1.92. The van der Waals surface area contributed by atoms with Crippen LogP contribution in [0.2, 0.25) is 0 Å². The second-order valence-electron chi connectivity index (χ2n) is 6.58. The maximum atomic E-state index is 11.7. The third-order valence-corrected chi connectivity index (χ3v) is 5.49. The Morgan fingerprint density at radius 1 is 1.00 bits per heavy atom. The molecule has 0 radical (unpaired) electrons. The van der Waals surface area contributed by atoms with Crippen LogP contribution in [0.25, 0.3) is 6.08 Å². The number of piperazine rings is 1. The van der Waals surface area contributed by atoms with E-state index in [0.29, 0.717) is 10.6 Å². The smallest absolute Gasteiger partial charge is 0.290 e. The van der Waals surface area contributed by atoms with Gasteiger partial charge in [0.1, 0.15) is 5.82 Å². The number of anilines is 2. The van der Waals surface area contributed by atoms with E-state index in [-0.39, 0.29) is 11.1 Å². The number of amides is 2. The first kappa shape index (κ1) is 17.6. The molecule has 2 aliphatic rings. The highest BCUT2D eigenvalue weighted by Gasteiger charge is 2.25. The third-order valence-electron chi connectivity index (χ3n) is 4.68. The number of nitrogens with zero attached hydrogens (tertiary/aromatic N) is 3. The van der Waals surface area contributed by atoms with Crippen molar-refractivity contribution in [3.8, 4) is 0 Å². The second-order valence-corrected chi connectivity index (χ2v) is 7.60. The summed E-state index contributed by atoms with van der Waals surface area (Å²) in [5.41, 5.74) is 3.20. The van der Waals surface area contributed by atoms with Crippen molar-refractivity contribution in [3.05, 3.63) is 58.6 Å². The molecule has 2 fully saturated rings. The van der Waals surface area contributed by atoms with Crippen LogP contribution in [0.15, 0.2) is 47.4 Å². The van der Waals surface area contributed by atoms with E-state index in [9.17, 15) is 9.59 Å². The molecule has 6 nitrogen and oxygen atoms in total. The van der Waals surface area contributed by atoms with Gasteiger partial charge in [0.05, 0.1) is 10.6 Å². The summed E-state index contributed by atoms with van der Waals surface area (Å²) >= 11 is 0.910. The fourth-order valence-electron chi connectivity index (χ4n) is 3.20. The predicted molar refractivity (Wildman–Crippen MR) is 109 cm³/mol. The van der Waals surface area contributed by atoms with Gasteiger partial charge in [-0.05, 0) is 49.0 Å². The molecule has 1 N–H and O–H groups in total. The highest BCUT2D eigenvalue weighted by Crippen LogP contribution is 2.26. The number of aryl methyl sites for hydroxylation is 1. The van der Waals surface area contributed by atoms with Gasteiger partial charge in [-0.2, -0.15) is 0 Å². The van der Waals surface area contributed by atoms with Crippen molar-refractivity contribution in [2.75, 3.05) is 36.0 Å². The number of benzene rings is 1. The van der Waals surface area contributed by atoms with Gasteiger partial charge in [-0.15, -0.1) is 0 Å². The monoisotopic (exact) mass is 380 g/mol. The normalized spacial score (nSPS) is 18.9. The lowest BCUT2D eigenvalue weighted by atomic mass is 10.2. The van der Waals surface area contributed by atoms with Crippen LogP contribution in [-0.4, -0.2) is 42.3 Å². The summed E-state index contributed by atoms with van der Waals surface area (Å²) in [7, 11) is 0. The zero-order chi connectivity index (χ0) is 18.8. The zero-order valence-electron chi connectivity index (χ0n) is 15.0. The van der Waals surface area contributed by atoms with E-state index in [2.05, 4.69) is 51.3 Å². The van der Waals surface area contributed by atoms with Gasteiger partial charge in [-0.3, -0.25) is 14.9 Å². The molecule has 1 aromatic carbocycles. The number of rotatable bonds is 3. The summed E-state index contributed by atoms with van der Waals surface area (Å²) < 4.78 is 0. The quantitative estimate of drug-likeness (QED) is 0.826. The number of carbonyl (C=O) groups excluding carboxylic acids is 2. The number of nitrogens with one attached hydrogen (secondary N) is 1. The molecule has 2 saturated heterocycles. The van der Waals surface area contributed by atoms with Crippen LogP contribution in [0.4, 0.5) is 16.3 Å². The Labute approximate surface area is 162 Å². The summed E-state index contributed by atoms with van der Waals surface area (Å²) in [6.07, 6.45) is 1.66. The average Bonchev–Trinajstić information content (AvgIpc) is 3.00. The van der Waals surface area contributed by atoms with Crippen LogP contribution in [0.5, 0.6) is 0 Å². The number of imide groups is 1.